The van der Waals surface area contributed by atoms with Crippen LogP contribution < -0.4 is 0 Å². The van der Waals surface area contributed by atoms with Gasteiger partial charge in [0.1, 0.15) is 5.69 Å². The normalized spacial score (nSPS) is 16.6. The van der Waals surface area contributed by atoms with Crippen molar-refractivity contribution in [2.24, 2.45) is 5.92 Å². The molecular formula is C17H21N3O. The van der Waals surface area contributed by atoms with Gasteiger partial charge >= 0.3 is 0 Å². The van der Waals surface area contributed by atoms with E-state index in [9.17, 15) is 4.79 Å². The standard InChI is InChI=1S/C17H21N3O/c21-17(12-14-8-4-1-2-5-9-14)16-13-18-19-20(16)15-10-6-3-7-11-15/h3,6-7,10-11,13-14H,1-2,4-5,8-9,12H2. The molecule has 4 nitrogen and oxygen atoms in total. The molecule has 0 aliphatic heterocycles. The molecule has 3 rings (SSSR count). The van der Waals surface area contributed by atoms with Crippen molar-refractivity contribution in [2.75, 3.05) is 0 Å². The van der Waals surface area contributed by atoms with Gasteiger partial charge in [-0.1, -0.05) is 61.9 Å². The van der Waals surface area contributed by atoms with E-state index in [1.807, 2.05) is 30.3 Å². The first-order valence-corrected chi connectivity index (χ1v) is 7.84. The van der Waals surface area contributed by atoms with Crippen molar-refractivity contribution in [3.8, 4) is 5.69 Å². The van der Waals surface area contributed by atoms with E-state index in [1.54, 1.807) is 10.9 Å². The molecule has 21 heavy (non-hydrogen) atoms. The average molecular weight is 283 g/mol. The van der Waals surface area contributed by atoms with E-state index < -0.39 is 0 Å². The number of Topliss-reactive ketones (excluding diaryl/α,β-unsaturated/α-hetero) is 1. The smallest absolute Gasteiger partial charge is 0.183 e. The third kappa shape index (κ3) is 3.38. The number of para-hydroxylation sites is 1. The van der Waals surface area contributed by atoms with E-state index in [0.29, 0.717) is 18.0 Å². The highest BCUT2D eigenvalue weighted by Crippen LogP contribution is 2.26. The molecule has 1 saturated carbocycles. The molecule has 1 heterocycles. The summed E-state index contributed by atoms with van der Waals surface area (Å²) in [5.74, 6) is 0.690. The van der Waals surface area contributed by atoms with Gasteiger partial charge in [-0.2, -0.15) is 0 Å². The van der Waals surface area contributed by atoms with Gasteiger partial charge in [0.25, 0.3) is 0 Å². The molecule has 0 bridgehead atoms. The number of carbonyl (C=O) groups excluding carboxylic acids is 1. The van der Waals surface area contributed by atoms with Crippen LogP contribution in [0, 0.1) is 5.92 Å². The minimum absolute atomic E-state index is 0.163. The van der Waals surface area contributed by atoms with Crippen molar-refractivity contribution in [2.45, 2.75) is 44.9 Å². The molecule has 0 amide bonds. The molecule has 0 radical (unpaired) electrons. The Kier molecular flexibility index (Phi) is 4.43. The summed E-state index contributed by atoms with van der Waals surface area (Å²) in [6.07, 6.45) is 9.72. The molecule has 1 aliphatic carbocycles. The molecule has 1 aromatic heterocycles. The molecule has 2 aromatic rings. The number of carbonyl (C=O) groups is 1. The summed E-state index contributed by atoms with van der Waals surface area (Å²) in [6, 6.07) is 9.72. The van der Waals surface area contributed by atoms with Gasteiger partial charge in [0, 0.05) is 6.42 Å². The third-order valence-electron chi connectivity index (χ3n) is 4.28. The van der Waals surface area contributed by atoms with Crippen LogP contribution in [0.1, 0.15) is 55.4 Å². The molecule has 1 fully saturated rings. The van der Waals surface area contributed by atoms with E-state index in [0.717, 1.165) is 5.69 Å². The highest BCUT2D eigenvalue weighted by molar-refractivity contribution is 5.94. The van der Waals surface area contributed by atoms with Crippen molar-refractivity contribution in [1.29, 1.82) is 0 Å². The van der Waals surface area contributed by atoms with Gasteiger partial charge in [0.05, 0.1) is 11.9 Å². The van der Waals surface area contributed by atoms with Gasteiger partial charge < -0.3 is 0 Å². The van der Waals surface area contributed by atoms with Crippen LogP contribution in [0.2, 0.25) is 0 Å². The molecular weight excluding hydrogens is 262 g/mol. The van der Waals surface area contributed by atoms with Crippen molar-refractivity contribution < 1.29 is 4.79 Å². The first-order chi connectivity index (χ1) is 10.3. The zero-order valence-corrected chi connectivity index (χ0v) is 12.2. The Bertz CT molecular complexity index is 583. The highest BCUT2D eigenvalue weighted by atomic mass is 16.1. The molecule has 0 spiro atoms. The molecule has 1 aliphatic rings. The Hall–Kier alpha value is -1.97. The summed E-state index contributed by atoms with van der Waals surface area (Å²) in [5.41, 5.74) is 1.49. The fourth-order valence-electron chi connectivity index (χ4n) is 3.12. The Morgan fingerprint density at radius 3 is 2.52 bits per heavy atom. The van der Waals surface area contributed by atoms with Crippen molar-refractivity contribution in [3.63, 3.8) is 0 Å². The van der Waals surface area contributed by atoms with Crippen molar-refractivity contribution >= 4 is 5.78 Å². The predicted molar refractivity (Wildman–Crippen MR) is 81.5 cm³/mol. The fraction of sp³-hybridized carbons (Fsp3) is 0.471. The first-order valence-electron chi connectivity index (χ1n) is 7.84. The Labute approximate surface area is 125 Å². The minimum Gasteiger partial charge on any atom is -0.292 e. The number of benzene rings is 1. The predicted octanol–water partition coefficient (Wildman–Crippen LogP) is 3.81. The van der Waals surface area contributed by atoms with Gasteiger partial charge in [-0.3, -0.25) is 4.79 Å². The monoisotopic (exact) mass is 283 g/mol. The lowest BCUT2D eigenvalue weighted by atomic mass is 9.93. The van der Waals surface area contributed by atoms with Gasteiger partial charge in [0.15, 0.2) is 5.78 Å². The maximum atomic E-state index is 12.6. The summed E-state index contributed by atoms with van der Waals surface area (Å²) in [6.45, 7) is 0. The number of rotatable bonds is 4. The van der Waals surface area contributed by atoms with Gasteiger partial charge in [-0.15, -0.1) is 5.10 Å². The molecule has 0 atom stereocenters. The van der Waals surface area contributed by atoms with E-state index in [-0.39, 0.29) is 5.78 Å². The summed E-state index contributed by atoms with van der Waals surface area (Å²) < 4.78 is 1.65. The lowest BCUT2D eigenvalue weighted by molar-refractivity contribution is 0.0949. The second-order valence-corrected chi connectivity index (χ2v) is 5.85. The quantitative estimate of drug-likeness (QED) is 0.633. The summed E-state index contributed by atoms with van der Waals surface area (Å²) in [5, 5.41) is 7.99. The molecule has 110 valence electrons. The molecule has 4 heteroatoms. The van der Waals surface area contributed by atoms with Crippen molar-refractivity contribution in [3.05, 3.63) is 42.2 Å². The summed E-state index contributed by atoms with van der Waals surface area (Å²) >= 11 is 0. The highest BCUT2D eigenvalue weighted by Gasteiger charge is 2.20. The summed E-state index contributed by atoms with van der Waals surface area (Å²) in [7, 11) is 0. The van der Waals surface area contributed by atoms with E-state index in [2.05, 4.69) is 10.3 Å². The fourth-order valence-corrected chi connectivity index (χ4v) is 3.12. The van der Waals surface area contributed by atoms with Gasteiger partial charge in [-0.25, -0.2) is 4.68 Å². The lowest BCUT2D eigenvalue weighted by Gasteiger charge is -2.13. The maximum Gasteiger partial charge on any atom is 0.183 e. The number of hydrogen-bond acceptors (Lipinski definition) is 3. The Balaban J connectivity index is 1.75. The van der Waals surface area contributed by atoms with E-state index in [4.69, 9.17) is 0 Å². The zero-order valence-electron chi connectivity index (χ0n) is 12.2. The minimum atomic E-state index is 0.163. The number of ketones is 1. The molecule has 0 N–H and O–H groups in total. The Morgan fingerprint density at radius 2 is 1.81 bits per heavy atom. The van der Waals surface area contributed by atoms with Crippen LogP contribution in [-0.2, 0) is 0 Å². The van der Waals surface area contributed by atoms with Gasteiger partial charge in [0.2, 0.25) is 0 Å². The second-order valence-electron chi connectivity index (χ2n) is 5.85. The van der Waals surface area contributed by atoms with Crippen LogP contribution in [0.25, 0.3) is 5.69 Å². The zero-order chi connectivity index (χ0) is 14.5. The van der Waals surface area contributed by atoms with Crippen molar-refractivity contribution in [1.82, 2.24) is 15.0 Å². The van der Waals surface area contributed by atoms with Crippen LogP contribution in [0.3, 0.4) is 0 Å². The maximum absolute atomic E-state index is 12.6. The third-order valence-corrected chi connectivity index (χ3v) is 4.28. The second kappa shape index (κ2) is 6.66. The number of nitrogens with zero attached hydrogens (tertiary/aromatic N) is 3. The van der Waals surface area contributed by atoms with Crippen LogP contribution in [0.5, 0.6) is 0 Å². The van der Waals surface area contributed by atoms with Crippen LogP contribution in [0.4, 0.5) is 0 Å². The first kappa shape index (κ1) is 14.0. The van der Waals surface area contributed by atoms with E-state index >= 15 is 0 Å². The largest absolute Gasteiger partial charge is 0.292 e. The summed E-state index contributed by atoms with van der Waals surface area (Å²) in [4.78, 5) is 12.6. The SMILES string of the molecule is O=C(CC1CCCCCC1)c1cnnn1-c1ccccc1. The number of aromatic nitrogens is 3. The lowest BCUT2D eigenvalue weighted by Crippen LogP contribution is -2.13. The molecule has 0 unspecified atom stereocenters. The molecule has 0 saturated heterocycles. The average Bonchev–Trinajstić information content (AvgIpc) is 2.87. The van der Waals surface area contributed by atoms with Crippen LogP contribution in [-0.4, -0.2) is 20.8 Å². The Morgan fingerprint density at radius 1 is 1.10 bits per heavy atom. The molecule has 1 aromatic carbocycles. The topological polar surface area (TPSA) is 47.8 Å². The van der Waals surface area contributed by atoms with Crippen LogP contribution in [0.15, 0.2) is 36.5 Å². The van der Waals surface area contributed by atoms with E-state index in [1.165, 1.54) is 38.5 Å². The van der Waals surface area contributed by atoms with Gasteiger partial charge in [-0.05, 0) is 18.1 Å². The van der Waals surface area contributed by atoms with Crippen LogP contribution >= 0.6 is 0 Å². The number of hydrogen-bond donors (Lipinski definition) is 0.